The molecule has 2 aromatic rings. The lowest BCUT2D eigenvalue weighted by Gasteiger charge is -2.13. The molecule has 0 aliphatic carbocycles. The van der Waals surface area contributed by atoms with E-state index in [4.69, 9.17) is 5.73 Å². The van der Waals surface area contributed by atoms with Crippen LogP contribution in [0.3, 0.4) is 0 Å². The lowest BCUT2D eigenvalue weighted by molar-refractivity contribution is 0.503. The second-order valence-corrected chi connectivity index (χ2v) is 5.66. The predicted molar refractivity (Wildman–Crippen MR) is 75.8 cm³/mol. The van der Waals surface area contributed by atoms with Crippen LogP contribution in [0.4, 0.5) is 5.13 Å². The zero-order chi connectivity index (χ0) is 13.3. The summed E-state index contributed by atoms with van der Waals surface area (Å²) in [6, 6.07) is 3.78. The van der Waals surface area contributed by atoms with Crippen molar-refractivity contribution < 1.29 is 0 Å². The highest BCUT2D eigenvalue weighted by Gasteiger charge is 2.11. The van der Waals surface area contributed by atoms with E-state index in [-0.39, 0.29) is 5.56 Å². The molecule has 0 saturated carbocycles. The molecule has 0 unspecified atom stereocenters. The molecule has 0 bridgehead atoms. The van der Waals surface area contributed by atoms with Gasteiger partial charge in [0.05, 0.1) is 11.3 Å². The van der Waals surface area contributed by atoms with Crippen LogP contribution in [0.5, 0.6) is 0 Å². The van der Waals surface area contributed by atoms with Crippen LogP contribution in [0.25, 0.3) is 11.3 Å². The van der Waals surface area contributed by atoms with Crippen molar-refractivity contribution in [3.05, 3.63) is 33.6 Å². The third kappa shape index (κ3) is 2.46. The van der Waals surface area contributed by atoms with Gasteiger partial charge in [-0.2, -0.15) is 0 Å². The van der Waals surface area contributed by atoms with E-state index < -0.39 is 0 Å². The number of thiazole rings is 1. The summed E-state index contributed by atoms with van der Waals surface area (Å²) in [7, 11) is 0. The van der Waals surface area contributed by atoms with Gasteiger partial charge in [-0.15, -0.1) is 11.3 Å². The maximum atomic E-state index is 12.4. The van der Waals surface area contributed by atoms with E-state index in [1.54, 1.807) is 4.57 Å². The Balaban J connectivity index is 2.54. The Kier molecular flexibility index (Phi) is 3.52. The predicted octanol–water partition coefficient (Wildman–Crippen LogP) is 2.52. The van der Waals surface area contributed by atoms with Crippen LogP contribution in [-0.4, -0.2) is 9.55 Å². The number of aromatic nitrogens is 2. The van der Waals surface area contributed by atoms with Crippen LogP contribution in [0, 0.1) is 12.8 Å². The van der Waals surface area contributed by atoms with E-state index in [1.165, 1.54) is 11.3 Å². The minimum Gasteiger partial charge on any atom is -0.375 e. The largest absolute Gasteiger partial charge is 0.375 e. The molecule has 2 N–H and O–H groups in total. The van der Waals surface area contributed by atoms with Gasteiger partial charge in [0, 0.05) is 17.6 Å². The van der Waals surface area contributed by atoms with Crippen LogP contribution in [0.15, 0.2) is 22.3 Å². The van der Waals surface area contributed by atoms with Gasteiger partial charge in [0.1, 0.15) is 0 Å². The van der Waals surface area contributed by atoms with Gasteiger partial charge in [0.15, 0.2) is 5.13 Å². The van der Waals surface area contributed by atoms with E-state index in [0.717, 1.165) is 12.2 Å². The lowest BCUT2D eigenvalue weighted by atomic mass is 10.1. The van der Waals surface area contributed by atoms with E-state index in [1.807, 2.05) is 24.4 Å². The molecule has 0 aliphatic rings. The molecule has 0 radical (unpaired) electrons. The Hall–Kier alpha value is -1.62. The number of nitrogens with two attached hydrogens (primary N) is 1. The highest BCUT2D eigenvalue weighted by atomic mass is 32.1. The number of hydrogen-bond acceptors (Lipinski definition) is 4. The highest BCUT2D eigenvalue weighted by Crippen LogP contribution is 2.20. The molecule has 0 aliphatic heterocycles. The van der Waals surface area contributed by atoms with Crippen molar-refractivity contribution in [1.29, 1.82) is 0 Å². The van der Waals surface area contributed by atoms with Crippen molar-refractivity contribution in [3.8, 4) is 11.3 Å². The number of nitrogen functional groups attached to an aromatic ring is 1. The molecule has 0 spiro atoms. The molecular weight excluding hydrogens is 246 g/mol. The van der Waals surface area contributed by atoms with Gasteiger partial charge in [0.2, 0.25) is 0 Å². The second-order valence-electron chi connectivity index (χ2n) is 4.77. The summed E-state index contributed by atoms with van der Waals surface area (Å²) in [5.41, 5.74) is 7.88. The molecule has 0 aromatic carbocycles. The van der Waals surface area contributed by atoms with E-state index in [2.05, 4.69) is 18.8 Å². The van der Waals surface area contributed by atoms with E-state index >= 15 is 0 Å². The Morgan fingerprint density at radius 1 is 1.44 bits per heavy atom. The smallest absolute Gasteiger partial charge is 0.260 e. The first-order valence-electron chi connectivity index (χ1n) is 5.91. The number of aryl methyl sites for hydroxylation is 1. The molecule has 0 fully saturated rings. The number of anilines is 1. The summed E-state index contributed by atoms with van der Waals surface area (Å²) in [6.45, 7) is 6.86. The average Bonchev–Trinajstić information content (AvgIpc) is 2.70. The molecule has 0 amide bonds. The van der Waals surface area contributed by atoms with Gasteiger partial charge >= 0.3 is 0 Å². The van der Waals surface area contributed by atoms with Crippen molar-refractivity contribution in [2.75, 3.05) is 5.73 Å². The molecule has 2 heterocycles. The fraction of sp³-hybridized carbons (Fsp3) is 0.385. The number of rotatable bonds is 3. The van der Waals surface area contributed by atoms with Crippen molar-refractivity contribution in [1.82, 2.24) is 9.55 Å². The van der Waals surface area contributed by atoms with Crippen molar-refractivity contribution in [2.45, 2.75) is 27.3 Å². The highest BCUT2D eigenvalue weighted by molar-refractivity contribution is 7.13. The molecular formula is C13H17N3OS. The van der Waals surface area contributed by atoms with Crippen LogP contribution in [-0.2, 0) is 6.54 Å². The van der Waals surface area contributed by atoms with Crippen molar-refractivity contribution in [2.24, 2.45) is 5.92 Å². The maximum absolute atomic E-state index is 12.4. The summed E-state index contributed by atoms with van der Waals surface area (Å²) >= 11 is 1.35. The normalized spacial score (nSPS) is 11.1. The average molecular weight is 263 g/mol. The summed E-state index contributed by atoms with van der Waals surface area (Å²) in [5, 5.41) is 2.31. The van der Waals surface area contributed by atoms with Gasteiger partial charge in [-0.05, 0) is 25.0 Å². The molecule has 18 heavy (non-hydrogen) atoms. The SMILES string of the molecule is Cc1ccc(-c2csc(N)n2)c(=O)n1CC(C)C. The quantitative estimate of drug-likeness (QED) is 0.925. The monoisotopic (exact) mass is 263 g/mol. The fourth-order valence-electron chi connectivity index (χ4n) is 1.87. The van der Waals surface area contributed by atoms with E-state index in [9.17, 15) is 4.79 Å². The van der Waals surface area contributed by atoms with Gasteiger partial charge in [0.25, 0.3) is 5.56 Å². The Morgan fingerprint density at radius 3 is 2.72 bits per heavy atom. The topological polar surface area (TPSA) is 60.9 Å². The fourth-order valence-corrected chi connectivity index (χ4v) is 2.43. The minimum atomic E-state index is 0.00833. The summed E-state index contributed by atoms with van der Waals surface area (Å²) in [4.78, 5) is 16.6. The molecule has 4 nitrogen and oxygen atoms in total. The Bertz CT molecular complexity index is 613. The van der Waals surface area contributed by atoms with Crippen molar-refractivity contribution >= 4 is 16.5 Å². The standard InChI is InChI=1S/C13H17N3OS/c1-8(2)6-16-9(3)4-5-10(12(16)17)11-7-18-13(14)15-11/h4-5,7-8H,6H2,1-3H3,(H2,14,15). The third-order valence-electron chi connectivity index (χ3n) is 2.74. The molecule has 5 heteroatoms. The number of pyridine rings is 1. The summed E-state index contributed by atoms with van der Waals surface area (Å²) in [5.74, 6) is 0.428. The van der Waals surface area contributed by atoms with Gasteiger partial charge in [-0.1, -0.05) is 13.8 Å². The zero-order valence-electron chi connectivity index (χ0n) is 10.8. The second kappa shape index (κ2) is 4.94. The minimum absolute atomic E-state index is 0.00833. The van der Waals surface area contributed by atoms with Crippen LogP contribution < -0.4 is 11.3 Å². The molecule has 96 valence electrons. The first-order valence-corrected chi connectivity index (χ1v) is 6.79. The molecule has 0 atom stereocenters. The third-order valence-corrected chi connectivity index (χ3v) is 3.41. The van der Waals surface area contributed by atoms with Gasteiger partial charge < -0.3 is 10.3 Å². The first kappa shape index (κ1) is 12.8. The van der Waals surface area contributed by atoms with Gasteiger partial charge in [-0.3, -0.25) is 4.79 Å². The van der Waals surface area contributed by atoms with Gasteiger partial charge in [-0.25, -0.2) is 4.98 Å². The molecule has 2 rings (SSSR count). The molecule has 2 aromatic heterocycles. The van der Waals surface area contributed by atoms with Crippen LogP contribution in [0.2, 0.25) is 0 Å². The Labute approximate surface area is 110 Å². The summed E-state index contributed by atoms with van der Waals surface area (Å²) in [6.07, 6.45) is 0. The van der Waals surface area contributed by atoms with E-state index in [0.29, 0.717) is 22.3 Å². The molecule has 0 saturated heterocycles. The Morgan fingerprint density at radius 2 is 2.17 bits per heavy atom. The summed E-state index contributed by atoms with van der Waals surface area (Å²) < 4.78 is 1.80. The first-order chi connectivity index (χ1) is 8.49. The zero-order valence-corrected chi connectivity index (χ0v) is 11.6. The number of nitrogens with zero attached hydrogens (tertiary/aromatic N) is 2. The van der Waals surface area contributed by atoms with Crippen molar-refractivity contribution in [3.63, 3.8) is 0 Å². The van der Waals surface area contributed by atoms with Crippen LogP contribution in [0.1, 0.15) is 19.5 Å². The van der Waals surface area contributed by atoms with Crippen LogP contribution >= 0.6 is 11.3 Å². The number of hydrogen-bond donors (Lipinski definition) is 1. The lowest BCUT2D eigenvalue weighted by Crippen LogP contribution is -2.25. The maximum Gasteiger partial charge on any atom is 0.260 e.